The van der Waals surface area contributed by atoms with Gasteiger partial charge in [-0.15, -0.1) is 0 Å². The number of rotatable bonds is 60. The Labute approximate surface area is 751 Å². The number of hydrogen-bond acceptors (Lipinski definition) is 37. The standard InChI is InChI=1S/C88H159N3O37/c1-6-8-10-12-14-16-18-20-21-22-23-24-25-26-27-29-31-33-35-37-39-41-60(101)91-52(53(100)40-38-36-34-32-30-28-19-17-15-13-11-9-7-2)48-115-84-73(112)70(109)76(58(46-96)122-84)123-87-74(113)80(66(105)56(44-94)119-87)127-82-61(89-50(4)98)78(65(104)55(43-93)117-82)125-88-75(114)81(67(106)57(45-95)120-88)128-83-62(90-51(5)99)79(126-86-72(111)69(108)64(103)54(42-92)118-86)77(59(47-97)121-83)124-85-71(110)68(107)63(102)49(3)116-85/h38,40,49,52-59,61-88,92-97,100,102-114H,6-37,39,41-48H2,1-5H3,(H,89,98)(H,90,99)(H,91,101)/b40-38+/t49?,52-,53+,54?,55?,56?,57?,58?,59?,61?,62?,63+,64-,65+,66-,67-,68?,69-,70+,71-,72?,73?,74?,75?,76+,77+,78+,79+,80-,81-,82-,83-,84+,85+,86-,87-,88-/m0/s1. The minimum atomic E-state index is -2.39. The number of aliphatic hydroxyl groups is 20. The van der Waals surface area contributed by atoms with Crippen LogP contribution in [-0.4, -0.2) is 393 Å². The van der Waals surface area contributed by atoms with Crippen LogP contribution in [0.25, 0.3) is 0 Å². The molecule has 3 amide bonds. The molecule has 0 spiro atoms. The second-order valence-corrected chi connectivity index (χ2v) is 35.6. The summed E-state index contributed by atoms with van der Waals surface area (Å²) in [5.74, 6) is -2.20. The summed E-state index contributed by atoms with van der Waals surface area (Å²) in [4.78, 5) is 40.3. The Morgan fingerprint density at radius 1 is 0.320 bits per heavy atom. The number of aliphatic hydroxyl groups excluding tert-OH is 20. The van der Waals surface area contributed by atoms with Crippen molar-refractivity contribution in [3.8, 4) is 0 Å². The van der Waals surface area contributed by atoms with Gasteiger partial charge in [-0.05, 0) is 26.2 Å². The van der Waals surface area contributed by atoms with E-state index < -0.39 is 285 Å². The third-order valence-corrected chi connectivity index (χ3v) is 25.3. The molecule has 40 nitrogen and oxygen atoms in total. The van der Waals surface area contributed by atoms with Crippen molar-refractivity contribution in [2.75, 3.05) is 46.2 Å². The summed E-state index contributed by atoms with van der Waals surface area (Å²) < 4.78 is 84.4. The summed E-state index contributed by atoms with van der Waals surface area (Å²) in [5.41, 5.74) is 0. The number of carbonyl (C=O) groups excluding carboxylic acids is 3. The van der Waals surface area contributed by atoms with Gasteiger partial charge in [0.1, 0.15) is 165 Å². The van der Waals surface area contributed by atoms with Crippen molar-refractivity contribution < 1.29 is 183 Å². The first-order valence-electron chi connectivity index (χ1n) is 47.3. The van der Waals surface area contributed by atoms with Crippen LogP contribution in [0.3, 0.4) is 0 Å². The van der Waals surface area contributed by atoms with Gasteiger partial charge in [0.15, 0.2) is 44.0 Å². The van der Waals surface area contributed by atoms with E-state index in [4.69, 9.17) is 66.3 Å². The zero-order valence-electron chi connectivity index (χ0n) is 75.4. The molecule has 7 heterocycles. The predicted octanol–water partition coefficient (Wildman–Crippen LogP) is -1.23. The fourth-order valence-electron chi connectivity index (χ4n) is 17.6. The molecule has 0 aliphatic carbocycles. The van der Waals surface area contributed by atoms with Gasteiger partial charge in [0.2, 0.25) is 17.7 Å². The molecule has 748 valence electrons. The van der Waals surface area contributed by atoms with Gasteiger partial charge in [0, 0.05) is 20.3 Å². The van der Waals surface area contributed by atoms with Crippen molar-refractivity contribution in [3.63, 3.8) is 0 Å². The molecule has 7 fully saturated rings. The van der Waals surface area contributed by atoms with Crippen LogP contribution < -0.4 is 16.0 Å². The summed E-state index contributed by atoms with van der Waals surface area (Å²) in [6.45, 7) is 0.929. The lowest BCUT2D eigenvalue weighted by Gasteiger charge is -2.52. The van der Waals surface area contributed by atoms with Gasteiger partial charge >= 0.3 is 0 Å². The summed E-state index contributed by atoms with van der Waals surface area (Å²) in [5, 5.41) is 233. The first-order chi connectivity index (χ1) is 61.5. The first-order valence-corrected chi connectivity index (χ1v) is 47.3. The highest BCUT2D eigenvalue weighted by Gasteiger charge is 2.60. The molecule has 7 aliphatic rings. The van der Waals surface area contributed by atoms with Crippen LogP contribution in [0.4, 0.5) is 0 Å². The van der Waals surface area contributed by atoms with Crippen LogP contribution in [0.2, 0.25) is 0 Å². The Hall–Kier alpha value is -3.21. The Balaban J connectivity index is 1.01. The third-order valence-electron chi connectivity index (χ3n) is 25.3. The molecule has 128 heavy (non-hydrogen) atoms. The molecule has 0 aromatic heterocycles. The Morgan fingerprint density at radius 3 is 1.06 bits per heavy atom. The highest BCUT2D eigenvalue weighted by Crippen LogP contribution is 2.40. The van der Waals surface area contributed by atoms with Crippen LogP contribution >= 0.6 is 0 Å². The largest absolute Gasteiger partial charge is 0.394 e. The van der Waals surface area contributed by atoms with Gasteiger partial charge in [0.25, 0.3) is 0 Å². The molecule has 23 N–H and O–H groups in total. The molecule has 0 saturated carbocycles. The Kier molecular flexibility index (Phi) is 52.2. The first kappa shape index (κ1) is 112. The fourth-order valence-corrected chi connectivity index (χ4v) is 17.6. The molecule has 0 radical (unpaired) electrons. The number of hydrogen-bond donors (Lipinski definition) is 23. The number of unbranched alkanes of at least 4 members (excludes halogenated alkanes) is 31. The number of carbonyl (C=O) groups is 3. The van der Waals surface area contributed by atoms with Crippen molar-refractivity contribution in [3.05, 3.63) is 12.2 Å². The molecule has 0 aromatic carbocycles. The van der Waals surface area contributed by atoms with Crippen molar-refractivity contribution in [2.24, 2.45) is 0 Å². The molecule has 0 bridgehead atoms. The van der Waals surface area contributed by atoms with Crippen LogP contribution in [-0.2, 0) is 80.7 Å². The van der Waals surface area contributed by atoms with Gasteiger partial charge < -0.3 is 184 Å². The smallest absolute Gasteiger partial charge is 0.220 e. The number of allylic oxidation sites excluding steroid dienone is 1. The second kappa shape index (κ2) is 59.7. The van der Waals surface area contributed by atoms with E-state index in [-0.39, 0.29) is 12.3 Å². The maximum absolute atomic E-state index is 13.7. The van der Waals surface area contributed by atoms with E-state index in [0.717, 1.165) is 65.2 Å². The molecule has 40 heteroatoms. The molecular weight excluding hydrogens is 1690 g/mol. The molecule has 37 atom stereocenters. The quantitative estimate of drug-likeness (QED) is 0.0250. The lowest BCUT2D eigenvalue weighted by molar-refractivity contribution is -0.392. The van der Waals surface area contributed by atoms with Crippen molar-refractivity contribution in [1.29, 1.82) is 0 Å². The normalized spacial score (nSPS) is 37.7. The Bertz CT molecular complexity index is 3020. The number of amides is 3. The van der Waals surface area contributed by atoms with Crippen LogP contribution in [0.1, 0.15) is 253 Å². The highest BCUT2D eigenvalue weighted by molar-refractivity contribution is 5.76. The minimum Gasteiger partial charge on any atom is -0.394 e. The van der Waals surface area contributed by atoms with Gasteiger partial charge in [0.05, 0.1) is 64.5 Å². The minimum absolute atomic E-state index is 0.159. The van der Waals surface area contributed by atoms with Crippen molar-refractivity contribution in [1.82, 2.24) is 16.0 Å². The summed E-state index contributed by atoms with van der Waals surface area (Å²) >= 11 is 0. The third kappa shape index (κ3) is 33.9. The molecule has 14 unspecified atom stereocenters. The van der Waals surface area contributed by atoms with E-state index in [2.05, 4.69) is 29.8 Å². The second-order valence-electron chi connectivity index (χ2n) is 35.6. The Morgan fingerprint density at radius 2 is 0.633 bits per heavy atom. The predicted molar refractivity (Wildman–Crippen MR) is 453 cm³/mol. The van der Waals surface area contributed by atoms with Crippen LogP contribution in [0, 0.1) is 0 Å². The van der Waals surface area contributed by atoms with Crippen molar-refractivity contribution >= 4 is 17.7 Å². The topological polar surface area (TPSA) is 621 Å². The van der Waals surface area contributed by atoms with E-state index in [9.17, 15) is 117 Å². The van der Waals surface area contributed by atoms with Crippen LogP contribution in [0.5, 0.6) is 0 Å². The van der Waals surface area contributed by atoms with Crippen molar-refractivity contribution in [2.45, 2.75) is 480 Å². The zero-order chi connectivity index (χ0) is 93.5. The molecule has 7 aliphatic heterocycles. The summed E-state index contributed by atoms with van der Waals surface area (Å²) in [6.07, 6.45) is -24.0. The number of ether oxygens (including phenoxy) is 14. The van der Waals surface area contributed by atoms with E-state index in [1.165, 1.54) is 155 Å². The maximum Gasteiger partial charge on any atom is 0.220 e. The molecule has 7 rings (SSSR count). The monoisotopic (exact) mass is 1850 g/mol. The highest BCUT2D eigenvalue weighted by atomic mass is 16.8. The van der Waals surface area contributed by atoms with Gasteiger partial charge in [-0.2, -0.15) is 0 Å². The molecule has 0 aromatic rings. The summed E-state index contributed by atoms with van der Waals surface area (Å²) in [7, 11) is 0. The lowest BCUT2D eigenvalue weighted by atomic mass is 9.93. The van der Waals surface area contributed by atoms with E-state index in [1.807, 2.05) is 6.08 Å². The number of nitrogens with one attached hydrogen (secondary N) is 3. The SMILES string of the molecule is CCCCCCCCCCCCC/C=C/[C@@H](O)[C@H](CO[C@@H]1OC(CO)[C@@H](O[C@@H]2OC(CO)[C@H](O)[C@H](O[C@@H]3OC(CO)[C@@H](O)[C@H](O[C@@H]4OC(CO)[C@H](O)[C@H](O[C@@H]5OC(CO)[C@@H](O[C@H]6OC(C)[C@@H](O)C(O)[C@@H]6O)[C@H](O[C@@H]6OC(CO)[C@H](O)[C@H](O)C6O)C5NC(C)=O)C4O)C3NC(C)=O)C2O)[C@H](O)C1O)NC(=O)CCCCCCCCCCCCCCCCCCCCCCC. The zero-order valence-corrected chi connectivity index (χ0v) is 75.4. The van der Waals surface area contributed by atoms with Gasteiger partial charge in [-0.25, -0.2) is 0 Å². The van der Waals surface area contributed by atoms with E-state index >= 15 is 0 Å². The van der Waals surface area contributed by atoms with E-state index in [1.54, 1.807) is 6.08 Å². The van der Waals surface area contributed by atoms with Gasteiger partial charge in [-0.1, -0.05) is 219 Å². The van der Waals surface area contributed by atoms with Gasteiger partial charge in [-0.3, -0.25) is 14.4 Å². The average Bonchev–Trinajstić information content (AvgIpc) is 0.761. The lowest BCUT2D eigenvalue weighted by Crippen LogP contribution is -2.72. The average molecular weight is 1850 g/mol. The van der Waals surface area contributed by atoms with E-state index in [0.29, 0.717) is 12.8 Å². The molecular formula is C88H159N3O37. The van der Waals surface area contributed by atoms with Crippen LogP contribution in [0.15, 0.2) is 12.2 Å². The maximum atomic E-state index is 13.7. The summed E-state index contributed by atoms with van der Waals surface area (Å²) in [6, 6.07) is -4.92. The fraction of sp³-hybridized carbons (Fsp3) is 0.943. The molecule has 7 saturated heterocycles.